The Labute approximate surface area is 106 Å². The van der Waals surface area contributed by atoms with Gasteiger partial charge in [0.05, 0.1) is 0 Å². The van der Waals surface area contributed by atoms with Gasteiger partial charge in [-0.2, -0.15) is 0 Å². The van der Waals surface area contributed by atoms with Crippen LogP contribution >= 0.6 is 0 Å². The molecular formula is C11H27O3SSi+. The largest absolute Gasteiger partial charge is 0.424 e. The highest BCUT2D eigenvalue weighted by Gasteiger charge is 2.26. The third kappa shape index (κ3) is 10.9. The Balaban J connectivity index is 3.65. The van der Waals surface area contributed by atoms with Crippen LogP contribution in [0.1, 0.15) is 41.0 Å². The lowest BCUT2D eigenvalue weighted by atomic mass is 10.5. The minimum atomic E-state index is -0.323. The molecule has 0 aromatic rings. The average Bonchev–Trinajstić information content (AvgIpc) is 2.15. The van der Waals surface area contributed by atoms with Crippen molar-refractivity contribution in [3.05, 3.63) is 0 Å². The molecule has 0 saturated heterocycles. The minimum absolute atomic E-state index is 0.242. The third-order valence-corrected chi connectivity index (χ3v) is 4.96. The van der Waals surface area contributed by atoms with Crippen LogP contribution in [-0.2, 0) is 24.2 Å². The highest BCUT2D eigenvalue weighted by Crippen LogP contribution is 2.11. The SMILES string of the molecule is CCO[SiH2]CCC[S+](OC(C)C)OC(C)C. The van der Waals surface area contributed by atoms with E-state index in [1.165, 1.54) is 6.04 Å². The van der Waals surface area contributed by atoms with Crippen molar-refractivity contribution < 1.29 is 12.8 Å². The number of hydrogen-bond donors (Lipinski definition) is 0. The van der Waals surface area contributed by atoms with Crippen molar-refractivity contribution in [2.45, 2.75) is 59.3 Å². The van der Waals surface area contributed by atoms with E-state index in [-0.39, 0.29) is 33.4 Å². The molecule has 0 rings (SSSR count). The molecule has 0 saturated carbocycles. The van der Waals surface area contributed by atoms with Gasteiger partial charge in [0, 0.05) is 6.61 Å². The zero-order chi connectivity index (χ0) is 12.4. The lowest BCUT2D eigenvalue weighted by molar-refractivity contribution is 0.191. The van der Waals surface area contributed by atoms with Gasteiger partial charge in [-0.1, -0.05) is 0 Å². The first kappa shape index (κ1) is 16.4. The van der Waals surface area contributed by atoms with Crippen LogP contribution in [0.5, 0.6) is 0 Å². The third-order valence-electron chi connectivity index (χ3n) is 1.65. The van der Waals surface area contributed by atoms with Crippen molar-refractivity contribution in [1.29, 1.82) is 0 Å². The molecule has 16 heavy (non-hydrogen) atoms. The first-order valence-corrected chi connectivity index (χ1v) is 9.01. The summed E-state index contributed by atoms with van der Waals surface area (Å²) in [6, 6.07) is 1.22. The Morgan fingerprint density at radius 1 is 1.06 bits per heavy atom. The molecule has 0 bridgehead atoms. The van der Waals surface area contributed by atoms with Gasteiger partial charge >= 0.3 is 11.5 Å². The molecule has 0 fully saturated rings. The van der Waals surface area contributed by atoms with Gasteiger partial charge in [-0.25, -0.2) is 0 Å². The number of hydrogen-bond acceptors (Lipinski definition) is 3. The summed E-state index contributed by atoms with van der Waals surface area (Å²) in [5.74, 6) is 1.01. The molecule has 0 aromatic carbocycles. The molecule has 0 aromatic heterocycles. The van der Waals surface area contributed by atoms with E-state index in [1.807, 2.05) is 0 Å². The molecule has 0 aliphatic carbocycles. The summed E-state index contributed by atoms with van der Waals surface area (Å²) in [4.78, 5) is 0. The maximum Gasteiger partial charge on any atom is 0.315 e. The van der Waals surface area contributed by atoms with Gasteiger partial charge in [0.1, 0.15) is 12.2 Å². The van der Waals surface area contributed by atoms with Crippen molar-refractivity contribution in [3.8, 4) is 0 Å². The molecule has 0 aliphatic heterocycles. The van der Waals surface area contributed by atoms with Crippen LogP contribution in [0.25, 0.3) is 0 Å². The van der Waals surface area contributed by atoms with E-state index in [2.05, 4.69) is 34.6 Å². The summed E-state index contributed by atoms with van der Waals surface area (Å²) in [5.41, 5.74) is 0. The molecule has 0 spiro atoms. The Kier molecular flexibility index (Phi) is 10.9. The summed E-state index contributed by atoms with van der Waals surface area (Å²) < 4.78 is 16.9. The van der Waals surface area contributed by atoms with Crippen molar-refractivity contribution in [3.63, 3.8) is 0 Å². The highest BCUT2D eigenvalue weighted by atomic mass is 32.2. The summed E-state index contributed by atoms with van der Waals surface area (Å²) in [6.45, 7) is 11.1. The van der Waals surface area contributed by atoms with Crippen molar-refractivity contribution in [1.82, 2.24) is 0 Å². The van der Waals surface area contributed by atoms with E-state index < -0.39 is 0 Å². The summed E-state index contributed by atoms with van der Waals surface area (Å²) in [6.07, 6.45) is 1.65. The van der Waals surface area contributed by atoms with Gasteiger partial charge < -0.3 is 4.43 Å². The number of rotatable bonds is 10. The molecule has 0 heterocycles. The molecule has 0 N–H and O–H groups in total. The maximum absolute atomic E-state index is 5.75. The molecule has 5 heteroatoms. The fourth-order valence-corrected chi connectivity index (χ4v) is 3.96. The molecule has 98 valence electrons. The standard InChI is InChI=1S/C11H27O3SSi/c1-6-12-16-9-7-8-15(13-10(2)3)14-11(4)5/h10-11H,6-9,16H2,1-5H3/q+1. The van der Waals surface area contributed by atoms with E-state index in [4.69, 9.17) is 12.8 Å². The van der Waals surface area contributed by atoms with Crippen LogP contribution in [0.3, 0.4) is 0 Å². The monoisotopic (exact) mass is 267 g/mol. The average molecular weight is 267 g/mol. The van der Waals surface area contributed by atoms with Crippen LogP contribution in [0, 0.1) is 0 Å². The summed E-state index contributed by atoms with van der Waals surface area (Å²) >= 11 is -0.323. The predicted molar refractivity (Wildman–Crippen MR) is 74.3 cm³/mol. The second-order valence-corrected chi connectivity index (χ2v) is 7.13. The lowest BCUT2D eigenvalue weighted by Crippen LogP contribution is -2.22. The fraction of sp³-hybridized carbons (Fsp3) is 1.00. The van der Waals surface area contributed by atoms with Crippen molar-refractivity contribution >= 4 is 21.2 Å². The highest BCUT2D eigenvalue weighted by molar-refractivity contribution is 7.87. The molecule has 0 atom stereocenters. The normalized spacial score (nSPS) is 12.8. The zero-order valence-electron chi connectivity index (χ0n) is 11.3. The van der Waals surface area contributed by atoms with Gasteiger partial charge in [0.15, 0.2) is 15.5 Å². The Morgan fingerprint density at radius 3 is 2.06 bits per heavy atom. The van der Waals surface area contributed by atoms with Crippen LogP contribution in [0.15, 0.2) is 0 Å². The predicted octanol–water partition coefficient (Wildman–Crippen LogP) is 2.21. The Bertz CT molecular complexity index is 146. The topological polar surface area (TPSA) is 27.7 Å². The van der Waals surface area contributed by atoms with E-state index in [0.29, 0.717) is 0 Å². The molecular weight excluding hydrogens is 240 g/mol. The maximum atomic E-state index is 5.75. The van der Waals surface area contributed by atoms with E-state index in [9.17, 15) is 0 Å². The molecule has 3 nitrogen and oxygen atoms in total. The lowest BCUT2D eigenvalue weighted by Gasteiger charge is -2.09. The van der Waals surface area contributed by atoms with E-state index in [1.54, 1.807) is 0 Å². The second-order valence-electron chi connectivity index (χ2n) is 4.20. The quantitative estimate of drug-likeness (QED) is 0.345. The smallest absolute Gasteiger partial charge is 0.315 e. The Hall–Kier alpha value is 0.447. The molecule has 0 aliphatic rings. The minimum Gasteiger partial charge on any atom is -0.424 e. The van der Waals surface area contributed by atoms with Gasteiger partial charge in [0.25, 0.3) is 0 Å². The summed E-state index contributed by atoms with van der Waals surface area (Å²) in [5, 5.41) is 0. The molecule has 0 unspecified atom stereocenters. The summed E-state index contributed by atoms with van der Waals surface area (Å²) in [7, 11) is -0.292. The first-order valence-electron chi connectivity index (χ1n) is 6.19. The van der Waals surface area contributed by atoms with Crippen LogP contribution in [0.4, 0.5) is 0 Å². The van der Waals surface area contributed by atoms with Gasteiger partial charge in [-0.3, -0.25) is 0 Å². The van der Waals surface area contributed by atoms with Crippen molar-refractivity contribution in [2.24, 2.45) is 0 Å². The van der Waals surface area contributed by atoms with E-state index >= 15 is 0 Å². The van der Waals surface area contributed by atoms with Crippen LogP contribution in [-0.4, -0.2) is 34.3 Å². The zero-order valence-corrected chi connectivity index (χ0v) is 13.6. The first-order chi connectivity index (χ1) is 7.56. The van der Waals surface area contributed by atoms with Crippen LogP contribution < -0.4 is 0 Å². The van der Waals surface area contributed by atoms with Crippen molar-refractivity contribution in [2.75, 3.05) is 12.4 Å². The van der Waals surface area contributed by atoms with Gasteiger partial charge in [-0.15, -0.1) is 8.37 Å². The van der Waals surface area contributed by atoms with E-state index in [0.717, 1.165) is 18.8 Å². The van der Waals surface area contributed by atoms with Gasteiger partial charge in [0.2, 0.25) is 0 Å². The molecule has 0 amide bonds. The fourth-order valence-electron chi connectivity index (χ4n) is 1.12. The second kappa shape index (κ2) is 10.6. The molecule has 0 radical (unpaired) electrons. The van der Waals surface area contributed by atoms with Gasteiger partial charge in [-0.05, 0) is 47.1 Å². The van der Waals surface area contributed by atoms with Crippen LogP contribution in [0.2, 0.25) is 6.04 Å². The Morgan fingerprint density at radius 2 is 1.62 bits per heavy atom.